The van der Waals surface area contributed by atoms with Crippen LogP contribution in [0.1, 0.15) is 83.1 Å². The number of nitrogens with zero attached hydrogens (tertiary/aromatic N) is 2. The van der Waals surface area contributed by atoms with E-state index in [9.17, 15) is 19.2 Å². The van der Waals surface area contributed by atoms with Gasteiger partial charge >= 0.3 is 31.5 Å². The molecule has 0 spiro atoms. The summed E-state index contributed by atoms with van der Waals surface area (Å²) in [5.41, 5.74) is -3.27. The number of nitrogens with one attached hydrogen (secondary N) is 4. The first-order valence-corrected chi connectivity index (χ1v) is 14.7. The Hall–Kier alpha value is -4.38. The molecule has 262 valence electrons. The van der Waals surface area contributed by atoms with Crippen LogP contribution in [-0.2, 0) is 28.3 Å². The van der Waals surface area contributed by atoms with Gasteiger partial charge < -0.3 is 28.3 Å². The third-order valence-electron chi connectivity index (χ3n) is 4.79. The molecule has 0 fully saturated rings. The quantitative estimate of drug-likeness (QED) is 0.104. The Bertz CT molecular complexity index is 1190. The lowest BCUT2D eigenvalue weighted by atomic mass is 9.79. The van der Waals surface area contributed by atoms with Gasteiger partial charge in [0.2, 0.25) is 11.9 Å². The molecule has 0 atom stereocenters. The van der Waals surface area contributed by atoms with Crippen molar-refractivity contribution in [3.05, 3.63) is 30.3 Å². The summed E-state index contributed by atoms with van der Waals surface area (Å²) in [5, 5.41) is 21.2. The molecule has 0 bridgehead atoms. The maximum atomic E-state index is 13.1. The maximum Gasteiger partial charge on any atom is 0.496 e. The zero-order valence-electron chi connectivity index (χ0n) is 29.4. The van der Waals surface area contributed by atoms with Crippen LogP contribution < -0.4 is 16.1 Å². The Morgan fingerprint density at radius 2 is 0.915 bits per heavy atom. The van der Waals surface area contributed by atoms with Gasteiger partial charge in [-0.2, -0.15) is 0 Å². The molecule has 0 aliphatic heterocycles. The molecular weight excluding hydrogens is 615 g/mol. The number of alkyl carbamates (subject to hydrolysis) is 2. The van der Waals surface area contributed by atoms with Crippen LogP contribution in [0.15, 0.2) is 30.3 Å². The molecule has 16 nitrogen and oxygen atoms in total. The number of carbonyl (C=O) groups excluding carboxylic acids is 4. The number of hydrogen-bond donors (Lipinski definition) is 4. The zero-order valence-corrected chi connectivity index (χ0v) is 29.4. The Balaban J connectivity index is 3.33. The number of carbonyl (C=O) groups is 4. The molecule has 0 aromatic heterocycles. The second kappa shape index (κ2) is 16.4. The van der Waals surface area contributed by atoms with Gasteiger partial charge in [0.15, 0.2) is 0 Å². The third kappa shape index (κ3) is 17.2. The fraction of sp³-hybridized carbons (Fsp3) is 0.600. The van der Waals surface area contributed by atoms with Gasteiger partial charge in [-0.1, -0.05) is 30.3 Å². The van der Waals surface area contributed by atoms with Crippen LogP contribution >= 0.6 is 0 Å². The van der Waals surface area contributed by atoms with E-state index in [-0.39, 0.29) is 0 Å². The van der Waals surface area contributed by atoms with E-state index in [0.29, 0.717) is 15.3 Å². The minimum absolute atomic E-state index is 0.416. The molecular formula is C30H49BN6O10. The summed E-state index contributed by atoms with van der Waals surface area (Å²) >= 11 is 0. The maximum absolute atomic E-state index is 13.1. The first-order chi connectivity index (χ1) is 21.3. The van der Waals surface area contributed by atoms with Crippen LogP contribution in [0, 0.1) is 10.8 Å². The van der Waals surface area contributed by atoms with Gasteiger partial charge in [-0.3, -0.25) is 21.5 Å². The Morgan fingerprint density at radius 3 is 1.21 bits per heavy atom. The number of guanidine groups is 2. The van der Waals surface area contributed by atoms with E-state index in [1.807, 2.05) is 0 Å². The molecule has 0 saturated heterocycles. The average molecular weight is 665 g/mol. The van der Waals surface area contributed by atoms with Crippen molar-refractivity contribution in [3.63, 3.8) is 0 Å². The van der Waals surface area contributed by atoms with Crippen molar-refractivity contribution in [1.82, 2.24) is 20.4 Å². The second-order valence-corrected chi connectivity index (χ2v) is 14.1. The second-order valence-electron chi connectivity index (χ2n) is 14.1. The summed E-state index contributed by atoms with van der Waals surface area (Å²) in [7, 11) is -1.32. The molecule has 0 aliphatic carbocycles. The molecule has 1 rings (SSSR count). The van der Waals surface area contributed by atoms with Crippen molar-refractivity contribution in [1.29, 1.82) is 10.8 Å². The van der Waals surface area contributed by atoms with Gasteiger partial charge in [-0.25, -0.2) is 29.0 Å². The fourth-order valence-corrected chi connectivity index (χ4v) is 3.12. The fourth-order valence-electron chi connectivity index (χ4n) is 3.12. The van der Waals surface area contributed by atoms with Crippen LogP contribution in [0.4, 0.5) is 19.2 Å². The van der Waals surface area contributed by atoms with Crippen molar-refractivity contribution in [2.75, 3.05) is 13.5 Å². The molecule has 0 heterocycles. The van der Waals surface area contributed by atoms with Gasteiger partial charge in [-0.05, 0) is 88.5 Å². The first kappa shape index (κ1) is 40.6. The van der Waals surface area contributed by atoms with Crippen molar-refractivity contribution >= 4 is 48.9 Å². The van der Waals surface area contributed by atoms with Crippen molar-refractivity contribution < 1.29 is 47.4 Å². The van der Waals surface area contributed by atoms with Gasteiger partial charge in [0.1, 0.15) is 35.9 Å². The van der Waals surface area contributed by atoms with E-state index in [1.165, 1.54) is 0 Å². The summed E-state index contributed by atoms with van der Waals surface area (Å²) in [6.45, 7) is 18.2. The number of ether oxygens (including phenoxy) is 4. The van der Waals surface area contributed by atoms with E-state index in [0.717, 1.165) is 0 Å². The van der Waals surface area contributed by atoms with Gasteiger partial charge in [0, 0.05) is 0 Å². The SMILES string of the molecule is CC(C)(C)OC(=O)NC(=N)N(COB(OCN(C(=N)NC(=O)OC(C)(C)C)C(=O)OC(C)(C)C)c1ccccc1)C(=O)OC(C)(C)C. The Morgan fingerprint density at radius 1 is 0.596 bits per heavy atom. The molecule has 1 aromatic rings. The lowest BCUT2D eigenvalue weighted by Crippen LogP contribution is -2.53. The average Bonchev–Trinajstić information content (AvgIpc) is 2.83. The van der Waals surface area contributed by atoms with Gasteiger partial charge in [-0.15, -0.1) is 0 Å². The van der Waals surface area contributed by atoms with Gasteiger partial charge in [0.05, 0.1) is 0 Å². The van der Waals surface area contributed by atoms with Gasteiger partial charge in [0.25, 0.3) is 0 Å². The molecule has 0 radical (unpaired) electrons. The highest BCUT2D eigenvalue weighted by molar-refractivity contribution is 6.61. The monoisotopic (exact) mass is 664 g/mol. The number of benzene rings is 1. The minimum atomic E-state index is -1.32. The van der Waals surface area contributed by atoms with E-state index < -0.39 is 79.3 Å². The molecule has 47 heavy (non-hydrogen) atoms. The summed E-state index contributed by atoms with van der Waals surface area (Å²) < 4.78 is 33.0. The van der Waals surface area contributed by atoms with Crippen LogP contribution in [0.2, 0.25) is 0 Å². The highest BCUT2D eigenvalue weighted by Gasteiger charge is 2.33. The number of hydrogen-bond acceptors (Lipinski definition) is 12. The lowest BCUT2D eigenvalue weighted by Gasteiger charge is -2.30. The standard InChI is InChI=1S/C30H49BN6O10/c1-27(2,3)44-23(38)34-21(32)36(25(40)46-29(7,8)9)18-42-31(20-16-14-13-15-17-20)43-19-37(26(41)47-30(10,11)12)22(33)35-24(39)45-28(4,5)6/h13-17H,18-19H2,1-12H3,(H2,32,34,38)(H2,33,35,39). The van der Waals surface area contributed by atoms with Crippen LogP contribution in [0.5, 0.6) is 0 Å². The van der Waals surface area contributed by atoms with Crippen LogP contribution in [0.3, 0.4) is 0 Å². The highest BCUT2D eigenvalue weighted by atomic mass is 16.6. The normalized spacial score (nSPS) is 11.8. The zero-order chi connectivity index (χ0) is 36.4. The molecule has 0 unspecified atom stereocenters. The summed E-state index contributed by atoms with van der Waals surface area (Å²) in [4.78, 5) is 52.3. The van der Waals surface area contributed by atoms with Crippen molar-refractivity contribution in [2.24, 2.45) is 0 Å². The van der Waals surface area contributed by atoms with E-state index in [4.69, 9.17) is 39.1 Å². The molecule has 17 heteroatoms. The lowest BCUT2D eigenvalue weighted by molar-refractivity contribution is 0.0176. The molecule has 1 aromatic carbocycles. The van der Waals surface area contributed by atoms with Crippen molar-refractivity contribution in [3.8, 4) is 0 Å². The molecule has 0 saturated carbocycles. The summed E-state index contributed by atoms with van der Waals surface area (Å²) in [5.74, 6) is -1.42. The van der Waals surface area contributed by atoms with E-state index >= 15 is 0 Å². The highest BCUT2D eigenvalue weighted by Crippen LogP contribution is 2.14. The predicted octanol–water partition coefficient (Wildman–Crippen LogP) is 4.72. The van der Waals surface area contributed by atoms with E-state index in [1.54, 1.807) is 113 Å². The largest absolute Gasteiger partial charge is 0.496 e. The Kier molecular flexibility index (Phi) is 14.2. The Labute approximate surface area is 276 Å². The molecule has 4 amide bonds. The summed E-state index contributed by atoms with van der Waals surface area (Å²) in [6.07, 6.45) is -4.03. The molecule has 4 N–H and O–H groups in total. The first-order valence-electron chi connectivity index (χ1n) is 14.7. The number of amides is 4. The molecule has 0 aliphatic rings. The summed E-state index contributed by atoms with van der Waals surface area (Å²) in [6, 6.07) is 8.38. The predicted molar refractivity (Wildman–Crippen MR) is 174 cm³/mol. The van der Waals surface area contributed by atoms with Crippen LogP contribution in [0.25, 0.3) is 0 Å². The van der Waals surface area contributed by atoms with Crippen molar-refractivity contribution in [2.45, 2.75) is 105 Å². The minimum Gasteiger partial charge on any atom is -0.444 e. The topological polar surface area (TPSA) is 202 Å². The van der Waals surface area contributed by atoms with Crippen LogP contribution in [-0.4, -0.2) is 89.1 Å². The number of rotatable bonds is 7. The third-order valence-corrected chi connectivity index (χ3v) is 4.79. The van der Waals surface area contributed by atoms with E-state index in [2.05, 4.69) is 10.6 Å². The smallest absolute Gasteiger partial charge is 0.444 e.